The lowest BCUT2D eigenvalue weighted by Crippen LogP contribution is -2.53. The average Bonchev–Trinajstić information content (AvgIpc) is 3.01. The number of rotatable bonds is 10. The molecule has 4 atom stereocenters. The van der Waals surface area contributed by atoms with Crippen LogP contribution >= 0.6 is 0 Å². The Bertz CT molecular complexity index is 741. The van der Waals surface area contributed by atoms with E-state index < -0.39 is 42.1 Å². The highest BCUT2D eigenvalue weighted by molar-refractivity contribution is 6.02. The molecule has 0 aliphatic carbocycles. The van der Waals surface area contributed by atoms with Gasteiger partial charge in [0.15, 0.2) is 6.04 Å². The van der Waals surface area contributed by atoms with E-state index >= 15 is 0 Å². The number of aldehydes is 1. The Balaban J connectivity index is 2.10. The predicted octanol–water partition coefficient (Wildman–Crippen LogP) is 1.05. The van der Waals surface area contributed by atoms with Gasteiger partial charge in [0, 0.05) is 26.0 Å². The number of aliphatic carboxylic acids is 1. The fourth-order valence-electron chi connectivity index (χ4n) is 3.32. The van der Waals surface area contributed by atoms with Gasteiger partial charge in [-0.3, -0.25) is 10.1 Å². The first kappa shape index (κ1) is 22.5. The number of urea groups is 1. The number of hydrogen-bond donors (Lipinski definition) is 2. The standard InChI is InChI=1S/C20H27N3O6/c1-4-29-17(10-15(12-24)14-8-6-5-7-9-14)21-13(2)18(25)23-16(19(26)27)11-22(3)20(23)28/h5-9,12-13,15-17,21H,4,10-11H2,1-3H3,(H,26,27)/t13-,15?,16-,17-/m0/s1. The fraction of sp³-hybridized carbons (Fsp3) is 0.500. The molecule has 1 unspecified atom stereocenters. The second-order valence-corrected chi connectivity index (χ2v) is 6.95. The summed E-state index contributed by atoms with van der Waals surface area (Å²) >= 11 is 0. The van der Waals surface area contributed by atoms with Crippen LogP contribution in [0.25, 0.3) is 0 Å². The number of carboxylic acids is 1. The van der Waals surface area contributed by atoms with E-state index in [-0.39, 0.29) is 13.0 Å². The maximum absolute atomic E-state index is 12.8. The predicted molar refractivity (Wildman–Crippen MR) is 104 cm³/mol. The normalized spacial score (nSPS) is 19.7. The second kappa shape index (κ2) is 10.1. The van der Waals surface area contributed by atoms with E-state index in [0.29, 0.717) is 6.61 Å². The zero-order valence-corrected chi connectivity index (χ0v) is 16.8. The lowest BCUT2D eigenvalue weighted by molar-refractivity contribution is -0.147. The molecule has 0 radical (unpaired) electrons. The van der Waals surface area contributed by atoms with Gasteiger partial charge in [-0.25, -0.2) is 14.5 Å². The Labute approximate surface area is 169 Å². The highest BCUT2D eigenvalue weighted by Crippen LogP contribution is 2.21. The summed E-state index contributed by atoms with van der Waals surface area (Å²) in [6.07, 6.45) is 0.484. The summed E-state index contributed by atoms with van der Waals surface area (Å²) < 4.78 is 5.65. The van der Waals surface area contributed by atoms with Gasteiger partial charge in [-0.1, -0.05) is 30.3 Å². The third kappa shape index (κ3) is 5.39. The lowest BCUT2D eigenvalue weighted by Gasteiger charge is -2.28. The van der Waals surface area contributed by atoms with Gasteiger partial charge in [0.1, 0.15) is 12.5 Å². The Kier molecular flexibility index (Phi) is 7.86. The number of amides is 3. The first-order chi connectivity index (χ1) is 13.8. The minimum absolute atomic E-state index is 0.0667. The number of benzene rings is 1. The van der Waals surface area contributed by atoms with Crippen molar-refractivity contribution >= 4 is 24.2 Å². The van der Waals surface area contributed by atoms with E-state index in [0.717, 1.165) is 16.7 Å². The molecule has 1 aliphatic heterocycles. The largest absolute Gasteiger partial charge is 0.480 e. The van der Waals surface area contributed by atoms with Crippen LogP contribution in [0.5, 0.6) is 0 Å². The van der Waals surface area contributed by atoms with Gasteiger partial charge in [0.25, 0.3) is 0 Å². The number of likely N-dealkylation sites (N-methyl/N-ethyl adjacent to an activating group) is 1. The van der Waals surface area contributed by atoms with Crippen molar-refractivity contribution in [2.45, 2.75) is 44.5 Å². The molecule has 9 heteroatoms. The van der Waals surface area contributed by atoms with E-state index in [1.54, 1.807) is 6.92 Å². The Morgan fingerprint density at radius 2 is 2.00 bits per heavy atom. The highest BCUT2D eigenvalue weighted by atomic mass is 16.5. The molecule has 0 aromatic heterocycles. The maximum atomic E-state index is 12.8. The Hall–Kier alpha value is -2.78. The highest BCUT2D eigenvalue weighted by Gasteiger charge is 2.45. The van der Waals surface area contributed by atoms with Gasteiger partial charge in [-0.15, -0.1) is 0 Å². The number of carboxylic acid groups (broad SMARTS) is 1. The number of hydrogen-bond acceptors (Lipinski definition) is 6. The topological polar surface area (TPSA) is 116 Å². The first-order valence-electron chi connectivity index (χ1n) is 9.49. The van der Waals surface area contributed by atoms with Crippen molar-refractivity contribution in [3.63, 3.8) is 0 Å². The third-order valence-corrected chi connectivity index (χ3v) is 4.85. The molecule has 158 valence electrons. The summed E-state index contributed by atoms with van der Waals surface area (Å²) in [5.41, 5.74) is 0.829. The summed E-state index contributed by atoms with van der Waals surface area (Å²) in [4.78, 5) is 50.1. The molecule has 0 bridgehead atoms. The lowest BCUT2D eigenvalue weighted by atomic mass is 9.96. The second-order valence-electron chi connectivity index (χ2n) is 6.95. The minimum Gasteiger partial charge on any atom is -0.480 e. The zero-order chi connectivity index (χ0) is 21.6. The third-order valence-electron chi connectivity index (χ3n) is 4.85. The summed E-state index contributed by atoms with van der Waals surface area (Å²) in [6, 6.07) is 6.44. The van der Waals surface area contributed by atoms with Crippen LogP contribution in [0.3, 0.4) is 0 Å². The van der Waals surface area contributed by atoms with Gasteiger partial charge < -0.3 is 19.5 Å². The molecule has 1 aromatic rings. The van der Waals surface area contributed by atoms with Crippen LogP contribution in [-0.4, -0.2) is 77.6 Å². The summed E-state index contributed by atoms with van der Waals surface area (Å²) in [5.74, 6) is -2.33. The van der Waals surface area contributed by atoms with Crippen molar-refractivity contribution in [3.8, 4) is 0 Å². The average molecular weight is 405 g/mol. The smallest absolute Gasteiger partial charge is 0.328 e. The van der Waals surface area contributed by atoms with Crippen LogP contribution in [0.1, 0.15) is 31.7 Å². The molecular formula is C20H27N3O6. The molecule has 1 saturated heterocycles. The zero-order valence-electron chi connectivity index (χ0n) is 16.8. The van der Waals surface area contributed by atoms with Gasteiger partial charge in [0.05, 0.1) is 12.6 Å². The van der Waals surface area contributed by atoms with E-state index in [1.165, 1.54) is 18.9 Å². The monoisotopic (exact) mass is 405 g/mol. The van der Waals surface area contributed by atoms with Gasteiger partial charge in [-0.2, -0.15) is 0 Å². The van der Waals surface area contributed by atoms with Crippen molar-refractivity contribution in [2.24, 2.45) is 0 Å². The van der Waals surface area contributed by atoms with Crippen LogP contribution < -0.4 is 5.32 Å². The van der Waals surface area contributed by atoms with E-state index in [2.05, 4.69) is 5.32 Å². The van der Waals surface area contributed by atoms with E-state index in [9.17, 15) is 24.3 Å². The van der Waals surface area contributed by atoms with Gasteiger partial charge >= 0.3 is 12.0 Å². The number of nitrogens with zero attached hydrogens (tertiary/aromatic N) is 2. The van der Waals surface area contributed by atoms with Crippen LogP contribution in [0, 0.1) is 0 Å². The van der Waals surface area contributed by atoms with Crippen molar-refractivity contribution in [1.82, 2.24) is 15.1 Å². The van der Waals surface area contributed by atoms with E-state index in [4.69, 9.17) is 4.74 Å². The van der Waals surface area contributed by atoms with Crippen molar-refractivity contribution in [1.29, 1.82) is 0 Å². The van der Waals surface area contributed by atoms with Crippen LogP contribution in [0.15, 0.2) is 30.3 Å². The molecule has 3 amide bonds. The molecule has 1 heterocycles. The number of carbonyl (C=O) groups is 4. The molecule has 1 aliphatic rings. The number of imide groups is 1. The minimum atomic E-state index is -1.24. The molecule has 1 aromatic carbocycles. The SMILES string of the molecule is CCO[C@@H](CC(C=O)c1ccccc1)N[C@@H](C)C(=O)N1C(=O)N(C)C[C@H]1C(=O)O. The molecule has 2 rings (SSSR count). The van der Waals surface area contributed by atoms with Crippen LogP contribution in [0.2, 0.25) is 0 Å². The molecule has 9 nitrogen and oxygen atoms in total. The number of carbonyl (C=O) groups excluding carboxylic acids is 3. The molecular weight excluding hydrogens is 378 g/mol. The first-order valence-corrected chi connectivity index (χ1v) is 9.49. The van der Waals surface area contributed by atoms with Crippen LogP contribution in [-0.2, 0) is 19.1 Å². The molecule has 29 heavy (non-hydrogen) atoms. The van der Waals surface area contributed by atoms with Crippen molar-refractivity contribution < 1.29 is 29.0 Å². The van der Waals surface area contributed by atoms with Crippen molar-refractivity contribution in [3.05, 3.63) is 35.9 Å². The number of ether oxygens (including phenoxy) is 1. The maximum Gasteiger partial charge on any atom is 0.328 e. The fourth-order valence-corrected chi connectivity index (χ4v) is 3.32. The quantitative estimate of drug-likeness (QED) is 0.441. The summed E-state index contributed by atoms with van der Waals surface area (Å²) in [5, 5.41) is 12.3. The van der Waals surface area contributed by atoms with Crippen molar-refractivity contribution in [2.75, 3.05) is 20.2 Å². The van der Waals surface area contributed by atoms with E-state index in [1.807, 2.05) is 30.3 Å². The summed E-state index contributed by atoms with van der Waals surface area (Å²) in [7, 11) is 1.45. The Morgan fingerprint density at radius 1 is 1.34 bits per heavy atom. The van der Waals surface area contributed by atoms with Gasteiger partial charge in [0.2, 0.25) is 5.91 Å². The molecule has 1 fully saturated rings. The summed E-state index contributed by atoms with van der Waals surface area (Å²) in [6.45, 7) is 3.61. The number of nitrogens with one attached hydrogen (secondary N) is 1. The molecule has 0 spiro atoms. The molecule has 0 saturated carbocycles. The van der Waals surface area contributed by atoms with Gasteiger partial charge in [-0.05, 0) is 19.4 Å². The van der Waals surface area contributed by atoms with Crippen LogP contribution in [0.4, 0.5) is 4.79 Å². The molecule has 2 N–H and O–H groups in total. The Morgan fingerprint density at radius 3 is 2.55 bits per heavy atom.